The molecule has 2 rings (SSSR count). The molecule has 1 amide bonds. The summed E-state index contributed by atoms with van der Waals surface area (Å²) in [6.45, 7) is 3.17. The zero-order valence-corrected chi connectivity index (χ0v) is 12.6. The molecule has 0 aliphatic heterocycles. The molecule has 20 heavy (non-hydrogen) atoms. The third kappa shape index (κ3) is 4.07. The Bertz CT molecular complexity index is 444. The van der Waals surface area contributed by atoms with Crippen molar-refractivity contribution in [2.24, 2.45) is 5.92 Å². The molecule has 0 bridgehead atoms. The van der Waals surface area contributed by atoms with Gasteiger partial charge >= 0.3 is 0 Å². The third-order valence-electron chi connectivity index (χ3n) is 4.18. The van der Waals surface area contributed by atoms with Gasteiger partial charge < -0.3 is 10.6 Å². The molecule has 3 heteroatoms. The number of likely N-dealkylation sites (N-methyl/N-ethyl adjacent to an activating group) is 1. The van der Waals surface area contributed by atoms with Gasteiger partial charge in [0, 0.05) is 11.6 Å². The fourth-order valence-electron chi connectivity index (χ4n) is 3.05. The summed E-state index contributed by atoms with van der Waals surface area (Å²) in [7, 11) is 1.94. The second-order valence-electron chi connectivity index (χ2n) is 5.95. The molecular weight excluding hydrogens is 248 g/mol. The summed E-state index contributed by atoms with van der Waals surface area (Å²) in [6.07, 6.45) is 5.65. The van der Waals surface area contributed by atoms with Gasteiger partial charge in [0.2, 0.25) is 0 Å². The maximum Gasteiger partial charge on any atom is 0.251 e. The van der Waals surface area contributed by atoms with Gasteiger partial charge in [-0.15, -0.1) is 0 Å². The Morgan fingerprint density at radius 2 is 2.10 bits per heavy atom. The largest absolute Gasteiger partial charge is 0.349 e. The summed E-state index contributed by atoms with van der Waals surface area (Å²) in [5.41, 5.74) is 1.96. The molecule has 0 aromatic heterocycles. The Kier molecular flexibility index (Phi) is 5.60. The molecule has 2 atom stereocenters. The molecule has 2 unspecified atom stereocenters. The van der Waals surface area contributed by atoms with Crippen molar-refractivity contribution in [3.05, 3.63) is 35.4 Å². The van der Waals surface area contributed by atoms with E-state index in [1.807, 2.05) is 25.2 Å². The molecule has 1 saturated carbocycles. The highest BCUT2D eigenvalue weighted by Gasteiger charge is 2.21. The van der Waals surface area contributed by atoms with Crippen molar-refractivity contribution in [2.45, 2.75) is 45.1 Å². The number of benzene rings is 1. The minimum absolute atomic E-state index is 0.0933. The van der Waals surface area contributed by atoms with Crippen LogP contribution in [-0.4, -0.2) is 25.5 Å². The summed E-state index contributed by atoms with van der Waals surface area (Å²) >= 11 is 0. The van der Waals surface area contributed by atoms with E-state index in [4.69, 9.17) is 0 Å². The van der Waals surface area contributed by atoms with E-state index < -0.39 is 0 Å². The first-order chi connectivity index (χ1) is 9.70. The van der Waals surface area contributed by atoms with Crippen LogP contribution in [0.25, 0.3) is 0 Å². The van der Waals surface area contributed by atoms with Gasteiger partial charge in [-0.05, 0) is 50.4 Å². The Morgan fingerprint density at radius 3 is 2.85 bits per heavy atom. The minimum atomic E-state index is 0.0933. The summed E-state index contributed by atoms with van der Waals surface area (Å²) < 4.78 is 0. The van der Waals surface area contributed by atoms with Crippen molar-refractivity contribution >= 4 is 5.91 Å². The first-order valence-electron chi connectivity index (χ1n) is 7.74. The van der Waals surface area contributed by atoms with Crippen molar-refractivity contribution in [3.63, 3.8) is 0 Å². The fraction of sp³-hybridized carbons (Fsp3) is 0.588. The van der Waals surface area contributed by atoms with Gasteiger partial charge in [-0.25, -0.2) is 0 Å². The number of carbonyl (C=O) groups excluding carboxylic acids is 1. The number of hydrogen-bond donors (Lipinski definition) is 2. The van der Waals surface area contributed by atoms with E-state index >= 15 is 0 Å². The predicted molar refractivity (Wildman–Crippen MR) is 83.0 cm³/mol. The Labute approximate surface area is 122 Å². The van der Waals surface area contributed by atoms with Crippen LogP contribution < -0.4 is 10.6 Å². The highest BCUT2D eigenvalue weighted by atomic mass is 16.1. The molecule has 1 aliphatic carbocycles. The predicted octanol–water partition coefficient (Wildman–Crippen LogP) is 2.76. The number of amides is 1. The van der Waals surface area contributed by atoms with Gasteiger partial charge in [0.25, 0.3) is 5.91 Å². The number of hydrogen-bond acceptors (Lipinski definition) is 2. The smallest absolute Gasteiger partial charge is 0.251 e. The average molecular weight is 274 g/mol. The van der Waals surface area contributed by atoms with Crippen molar-refractivity contribution in [1.29, 1.82) is 0 Å². The maximum absolute atomic E-state index is 12.5. The number of carbonyl (C=O) groups is 1. The van der Waals surface area contributed by atoms with E-state index in [2.05, 4.69) is 23.6 Å². The van der Waals surface area contributed by atoms with Gasteiger partial charge in [0.1, 0.15) is 0 Å². The van der Waals surface area contributed by atoms with Gasteiger partial charge in [-0.3, -0.25) is 4.79 Å². The van der Waals surface area contributed by atoms with Crippen LogP contribution in [0.4, 0.5) is 0 Å². The van der Waals surface area contributed by atoms with Gasteiger partial charge in [-0.1, -0.05) is 38.0 Å². The molecule has 0 spiro atoms. The molecular formula is C17H26N2O. The standard InChI is InChI=1S/C17H26N2O/c1-13-6-5-8-15(12-13)19-17(20)16-9-4-3-7-14(16)10-11-18-2/h3-4,7,9,13,15,18H,5-6,8,10-12H2,1-2H3,(H,19,20). The van der Waals surface area contributed by atoms with Crippen LogP contribution in [0.5, 0.6) is 0 Å². The molecule has 0 saturated heterocycles. The summed E-state index contributed by atoms with van der Waals surface area (Å²) in [6, 6.07) is 8.29. The second-order valence-corrected chi connectivity index (χ2v) is 5.95. The summed E-state index contributed by atoms with van der Waals surface area (Å²) in [5, 5.41) is 6.36. The normalized spacial score (nSPS) is 22.5. The Hall–Kier alpha value is -1.35. The van der Waals surface area contributed by atoms with E-state index in [9.17, 15) is 4.79 Å². The molecule has 2 N–H and O–H groups in total. The number of rotatable bonds is 5. The van der Waals surface area contributed by atoms with Crippen molar-refractivity contribution in [3.8, 4) is 0 Å². The molecule has 1 aromatic rings. The van der Waals surface area contributed by atoms with Crippen LogP contribution >= 0.6 is 0 Å². The highest BCUT2D eigenvalue weighted by Crippen LogP contribution is 2.24. The quantitative estimate of drug-likeness (QED) is 0.867. The lowest BCUT2D eigenvalue weighted by Gasteiger charge is -2.27. The fourth-order valence-corrected chi connectivity index (χ4v) is 3.05. The summed E-state index contributed by atoms with van der Waals surface area (Å²) in [5.74, 6) is 0.824. The minimum Gasteiger partial charge on any atom is -0.349 e. The van der Waals surface area contributed by atoms with E-state index in [1.165, 1.54) is 12.8 Å². The van der Waals surface area contributed by atoms with Crippen LogP contribution in [0.15, 0.2) is 24.3 Å². The van der Waals surface area contributed by atoms with Gasteiger partial charge in [0.05, 0.1) is 0 Å². The van der Waals surface area contributed by atoms with Crippen LogP contribution in [0, 0.1) is 5.92 Å². The third-order valence-corrected chi connectivity index (χ3v) is 4.18. The first kappa shape index (κ1) is 15.0. The average Bonchev–Trinajstić information content (AvgIpc) is 2.45. The highest BCUT2D eigenvalue weighted by molar-refractivity contribution is 5.95. The van der Waals surface area contributed by atoms with Crippen LogP contribution in [-0.2, 0) is 6.42 Å². The summed E-state index contributed by atoms with van der Waals surface area (Å²) in [4.78, 5) is 12.5. The van der Waals surface area contributed by atoms with E-state index in [-0.39, 0.29) is 5.91 Å². The maximum atomic E-state index is 12.5. The molecule has 1 aliphatic rings. The second kappa shape index (κ2) is 7.44. The van der Waals surface area contributed by atoms with Crippen molar-refractivity contribution in [1.82, 2.24) is 10.6 Å². The van der Waals surface area contributed by atoms with Gasteiger partial charge in [-0.2, -0.15) is 0 Å². The van der Waals surface area contributed by atoms with Crippen molar-refractivity contribution in [2.75, 3.05) is 13.6 Å². The molecule has 1 fully saturated rings. The van der Waals surface area contributed by atoms with Gasteiger partial charge in [0.15, 0.2) is 0 Å². The molecule has 1 aromatic carbocycles. The first-order valence-corrected chi connectivity index (χ1v) is 7.74. The molecule has 3 nitrogen and oxygen atoms in total. The van der Waals surface area contributed by atoms with Crippen molar-refractivity contribution < 1.29 is 4.79 Å². The SMILES string of the molecule is CNCCc1ccccc1C(=O)NC1CCCC(C)C1. The molecule has 0 heterocycles. The van der Waals surface area contributed by atoms with E-state index in [1.54, 1.807) is 0 Å². The zero-order valence-electron chi connectivity index (χ0n) is 12.6. The van der Waals surface area contributed by atoms with E-state index in [0.29, 0.717) is 6.04 Å². The topological polar surface area (TPSA) is 41.1 Å². The Balaban J connectivity index is 2.01. The van der Waals surface area contributed by atoms with E-state index in [0.717, 1.165) is 42.9 Å². The lowest BCUT2D eigenvalue weighted by molar-refractivity contribution is 0.0920. The van der Waals surface area contributed by atoms with Crippen LogP contribution in [0.2, 0.25) is 0 Å². The van der Waals surface area contributed by atoms with Crippen LogP contribution in [0.3, 0.4) is 0 Å². The lowest BCUT2D eigenvalue weighted by atomic mass is 9.87. The number of nitrogens with one attached hydrogen (secondary N) is 2. The molecule has 110 valence electrons. The zero-order chi connectivity index (χ0) is 14.4. The monoisotopic (exact) mass is 274 g/mol. The lowest BCUT2D eigenvalue weighted by Crippen LogP contribution is -2.38. The molecule has 0 radical (unpaired) electrons. The Morgan fingerprint density at radius 1 is 1.30 bits per heavy atom. The van der Waals surface area contributed by atoms with Crippen LogP contribution in [0.1, 0.15) is 48.5 Å².